The van der Waals surface area contributed by atoms with Crippen LogP contribution in [0, 0.1) is 11.6 Å². The number of aliphatic hydroxyl groups is 1. The molecule has 84 valence electrons. The van der Waals surface area contributed by atoms with Crippen LogP contribution in [0.5, 0.6) is 5.75 Å². The van der Waals surface area contributed by atoms with Crippen molar-refractivity contribution in [3.63, 3.8) is 0 Å². The van der Waals surface area contributed by atoms with E-state index in [1.807, 2.05) is 0 Å². The molecule has 2 unspecified atom stereocenters. The Morgan fingerprint density at radius 3 is 2.47 bits per heavy atom. The van der Waals surface area contributed by atoms with E-state index >= 15 is 0 Å². The standard InChI is InChI=1S/C9H10ClF2NO2/c1-4(14)9(13)15-8-3-7(12)6(11)2-5(8)10/h2-4,9,14H,13H2,1H3. The maximum Gasteiger partial charge on any atom is 0.173 e. The fourth-order valence-corrected chi connectivity index (χ4v) is 1.03. The Morgan fingerprint density at radius 2 is 1.93 bits per heavy atom. The summed E-state index contributed by atoms with van der Waals surface area (Å²) in [6.45, 7) is 1.40. The van der Waals surface area contributed by atoms with Crippen LogP contribution in [0.1, 0.15) is 6.92 Å². The average Bonchev–Trinajstić information content (AvgIpc) is 2.13. The van der Waals surface area contributed by atoms with E-state index in [1.165, 1.54) is 6.92 Å². The Balaban J connectivity index is 2.91. The largest absolute Gasteiger partial charge is 0.471 e. The molecule has 0 aliphatic rings. The molecule has 0 aliphatic heterocycles. The number of benzene rings is 1. The molecular weight excluding hydrogens is 228 g/mol. The van der Waals surface area contributed by atoms with Crippen molar-refractivity contribution in [2.24, 2.45) is 5.73 Å². The second-order valence-corrected chi connectivity index (χ2v) is 3.43. The number of halogens is 3. The SMILES string of the molecule is CC(O)C(N)Oc1cc(F)c(F)cc1Cl. The molecule has 0 aromatic heterocycles. The highest BCUT2D eigenvalue weighted by atomic mass is 35.5. The van der Waals surface area contributed by atoms with Gasteiger partial charge in [-0.1, -0.05) is 11.6 Å². The average molecular weight is 238 g/mol. The van der Waals surface area contributed by atoms with E-state index in [0.717, 1.165) is 12.1 Å². The Bertz CT molecular complexity index is 360. The first kappa shape index (κ1) is 12.2. The molecule has 0 fully saturated rings. The zero-order valence-corrected chi connectivity index (χ0v) is 8.63. The quantitative estimate of drug-likeness (QED) is 0.621. The third-order valence-electron chi connectivity index (χ3n) is 1.71. The Labute approximate surface area is 90.4 Å². The van der Waals surface area contributed by atoms with Crippen molar-refractivity contribution in [2.75, 3.05) is 0 Å². The summed E-state index contributed by atoms with van der Waals surface area (Å²) in [4.78, 5) is 0. The van der Waals surface area contributed by atoms with Gasteiger partial charge in [0.1, 0.15) is 11.9 Å². The lowest BCUT2D eigenvalue weighted by Gasteiger charge is -2.17. The molecule has 0 radical (unpaired) electrons. The molecule has 1 aromatic carbocycles. The Hall–Kier alpha value is -0.910. The van der Waals surface area contributed by atoms with Gasteiger partial charge in [-0.2, -0.15) is 0 Å². The zero-order valence-electron chi connectivity index (χ0n) is 7.88. The van der Waals surface area contributed by atoms with Crippen LogP contribution in [0.3, 0.4) is 0 Å². The molecule has 0 heterocycles. The lowest BCUT2D eigenvalue weighted by molar-refractivity contribution is 0.0526. The molecule has 0 bridgehead atoms. The van der Waals surface area contributed by atoms with Gasteiger partial charge in [0, 0.05) is 6.07 Å². The highest BCUT2D eigenvalue weighted by Gasteiger charge is 2.15. The van der Waals surface area contributed by atoms with Crippen molar-refractivity contribution < 1.29 is 18.6 Å². The second kappa shape index (κ2) is 4.74. The van der Waals surface area contributed by atoms with Crippen LogP contribution >= 0.6 is 11.6 Å². The summed E-state index contributed by atoms with van der Waals surface area (Å²) in [6, 6.07) is 1.56. The van der Waals surface area contributed by atoms with Gasteiger partial charge in [0.05, 0.1) is 5.02 Å². The molecule has 3 nitrogen and oxygen atoms in total. The van der Waals surface area contributed by atoms with Gasteiger partial charge in [-0.05, 0) is 13.0 Å². The highest BCUT2D eigenvalue weighted by molar-refractivity contribution is 6.32. The zero-order chi connectivity index (χ0) is 11.6. The summed E-state index contributed by atoms with van der Waals surface area (Å²) >= 11 is 5.58. The van der Waals surface area contributed by atoms with E-state index in [2.05, 4.69) is 0 Å². The van der Waals surface area contributed by atoms with Gasteiger partial charge >= 0.3 is 0 Å². The summed E-state index contributed by atoms with van der Waals surface area (Å²) in [5.41, 5.74) is 5.36. The minimum atomic E-state index is -1.09. The second-order valence-electron chi connectivity index (χ2n) is 3.02. The van der Waals surface area contributed by atoms with Gasteiger partial charge in [0.15, 0.2) is 17.9 Å². The molecular formula is C9H10ClF2NO2. The number of rotatable bonds is 3. The number of hydrogen-bond acceptors (Lipinski definition) is 3. The van der Waals surface area contributed by atoms with Crippen molar-refractivity contribution in [1.82, 2.24) is 0 Å². The van der Waals surface area contributed by atoms with Crippen molar-refractivity contribution in [1.29, 1.82) is 0 Å². The molecule has 0 aliphatic carbocycles. The maximum absolute atomic E-state index is 12.8. The van der Waals surface area contributed by atoms with Crippen LogP contribution in [-0.2, 0) is 0 Å². The third kappa shape index (κ3) is 3.02. The maximum atomic E-state index is 12.8. The Morgan fingerprint density at radius 1 is 1.40 bits per heavy atom. The molecule has 1 rings (SSSR count). The summed E-state index contributed by atoms with van der Waals surface area (Å²) in [5.74, 6) is -2.27. The van der Waals surface area contributed by atoms with Crippen LogP contribution < -0.4 is 10.5 Å². The molecule has 0 spiro atoms. The smallest absolute Gasteiger partial charge is 0.173 e. The van der Waals surface area contributed by atoms with Gasteiger partial charge < -0.3 is 9.84 Å². The predicted molar refractivity (Wildman–Crippen MR) is 51.7 cm³/mol. The topological polar surface area (TPSA) is 55.5 Å². The lowest BCUT2D eigenvalue weighted by atomic mass is 10.3. The summed E-state index contributed by atoms with van der Waals surface area (Å²) in [6.07, 6.45) is -2.00. The molecule has 0 saturated carbocycles. The van der Waals surface area contributed by atoms with Crippen LogP contribution in [0.15, 0.2) is 12.1 Å². The van der Waals surface area contributed by atoms with E-state index < -0.39 is 24.0 Å². The van der Waals surface area contributed by atoms with Gasteiger partial charge in [0.25, 0.3) is 0 Å². The van der Waals surface area contributed by atoms with Gasteiger partial charge in [-0.15, -0.1) is 0 Å². The highest BCUT2D eigenvalue weighted by Crippen LogP contribution is 2.27. The molecule has 0 amide bonds. The lowest BCUT2D eigenvalue weighted by Crippen LogP contribution is -2.37. The number of hydrogen-bond donors (Lipinski definition) is 2. The van der Waals surface area contributed by atoms with Crippen LogP contribution in [0.2, 0.25) is 5.02 Å². The first-order chi connectivity index (χ1) is 6.91. The van der Waals surface area contributed by atoms with E-state index in [9.17, 15) is 8.78 Å². The molecule has 3 N–H and O–H groups in total. The Kier molecular flexibility index (Phi) is 3.84. The van der Waals surface area contributed by atoms with E-state index in [4.69, 9.17) is 27.2 Å². The number of aliphatic hydroxyl groups excluding tert-OH is 1. The van der Waals surface area contributed by atoms with Crippen LogP contribution in [-0.4, -0.2) is 17.4 Å². The number of nitrogens with two attached hydrogens (primary N) is 1. The normalized spacial score (nSPS) is 14.8. The predicted octanol–water partition coefficient (Wildman–Crippen LogP) is 1.66. The minimum Gasteiger partial charge on any atom is -0.471 e. The molecule has 15 heavy (non-hydrogen) atoms. The van der Waals surface area contributed by atoms with Gasteiger partial charge in [-0.25, -0.2) is 8.78 Å². The summed E-state index contributed by atoms with van der Waals surface area (Å²) in [5, 5.41) is 8.93. The summed E-state index contributed by atoms with van der Waals surface area (Å²) < 4.78 is 30.4. The van der Waals surface area contributed by atoms with Gasteiger partial charge in [-0.3, -0.25) is 5.73 Å². The third-order valence-corrected chi connectivity index (χ3v) is 2.01. The van der Waals surface area contributed by atoms with Crippen molar-refractivity contribution >= 4 is 11.6 Å². The fourth-order valence-electron chi connectivity index (χ4n) is 0.840. The summed E-state index contributed by atoms with van der Waals surface area (Å²) in [7, 11) is 0. The van der Waals surface area contributed by atoms with Crippen LogP contribution in [0.25, 0.3) is 0 Å². The van der Waals surface area contributed by atoms with Crippen LogP contribution in [0.4, 0.5) is 8.78 Å². The molecule has 6 heteroatoms. The van der Waals surface area contributed by atoms with Crippen molar-refractivity contribution in [2.45, 2.75) is 19.3 Å². The molecule has 1 aromatic rings. The molecule has 0 saturated heterocycles. The van der Waals surface area contributed by atoms with Crippen molar-refractivity contribution in [3.8, 4) is 5.75 Å². The monoisotopic (exact) mass is 237 g/mol. The number of ether oxygens (including phenoxy) is 1. The van der Waals surface area contributed by atoms with Gasteiger partial charge in [0.2, 0.25) is 0 Å². The first-order valence-corrected chi connectivity index (χ1v) is 4.54. The van der Waals surface area contributed by atoms with Crippen molar-refractivity contribution in [3.05, 3.63) is 28.8 Å². The fraction of sp³-hybridized carbons (Fsp3) is 0.333. The van der Waals surface area contributed by atoms with E-state index in [-0.39, 0.29) is 10.8 Å². The van der Waals surface area contributed by atoms with E-state index in [1.54, 1.807) is 0 Å². The molecule has 2 atom stereocenters. The van der Waals surface area contributed by atoms with E-state index in [0.29, 0.717) is 0 Å². The first-order valence-electron chi connectivity index (χ1n) is 4.16. The minimum absolute atomic E-state index is 0.106.